The van der Waals surface area contributed by atoms with Crippen LogP contribution in [-0.2, 0) is 13.6 Å². The highest BCUT2D eigenvalue weighted by Crippen LogP contribution is 2.30. The van der Waals surface area contributed by atoms with Gasteiger partial charge in [0.15, 0.2) is 0 Å². The van der Waals surface area contributed by atoms with E-state index in [0.29, 0.717) is 12.1 Å². The first-order valence-corrected chi connectivity index (χ1v) is 7.56. The van der Waals surface area contributed by atoms with Crippen molar-refractivity contribution in [1.82, 2.24) is 15.1 Å². The molecular formula is C17H24FN3. The van der Waals surface area contributed by atoms with E-state index in [1.165, 1.54) is 0 Å². The maximum absolute atomic E-state index is 14.4. The Morgan fingerprint density at radius 3 is 2.67 bits per heavy atom. The molecular weight excluding hydrogens is 265 g/mol. The zero-order chi connectivity index (χ0) is 15.4. The van der Waals surface area contributed by atoms with Crippen LogP contribution in [0.1, 0.15) is 44.4 Å². The van der Waals surface area contributed by atoms with Crippen LogP contribution >= 0.6 is 0 Å². The molecule has 1 heterocycles. The Labute approximate surface area is 126 Å². The molecule has 0 radical (unpaired) electrons. The molecule has 0 bridgehead atoms. The van der Waals surface area contributed by atoms with E-state index >= 15 is 0 Å². The maximum Gasteiger partial charge on any atom is 0.131 e. The smallest absolute Gasteiger partial charge is 0.131 e. The third kappa shape index (κ3) is 3.70. The summed E-state index contributed by atoms with van der Waals surface area (Å²) in [5.41, 5.74) is 3.43. The number of benzene rings is 1. The molecule has 0 saturated carbocycles. The van der Waals surface area contributed by atoms with Gasteiger partial charge >= 0.3 is 0 Å². The van der Waals surface area contributed by atoms with Crippen molar-refractivity contribution in [1.29, 1.82) is 0 Å². The van der Waals surface area contributed by atoms with Gasteiger partial charge in [-0.15, -0.1) is 0 Å². The maximum atomic E-state index is 14.4. The lowest BCUT2D eigenvalue weighted by Gasteiger charge is -2.09. The van der Waals surface area contributed by atoms with E-state index in [-0.39, 0.29) is 11.7 Å². The predicted octanol–water partition coefficient (Wildman–Crippen LogP) is 3.85. The first-order valence-electron chi connectivity index (χ1n) is 7.56. The van der Waals surface area contributed by atoms with Gasteiger partial charge in [0.2, 0.25) is 0 Å². The van der Waals surface area contributed by atoms with Crippen LogP contribution < -0.4 is 5.32 Å². The summed E-state index contributed by atoms with van der Waals surface area (Å²) < 4.78 is 16.2. The standard InChI is InChI=1S/C17H24FN3/c1-5-8-19-10-13-6-7-14(16(18)9-13)15-11-21(4)20-17(15)12(2)3/h6-7,9,11-12,19H,5,8,10H2,1-4H3. The lowest BCUT2D eigenvalue weighted by Crippen LogP contribution is -2.13. The van der Waals surface area contributed by atoms with E-state index in [9.17, 15) is 4.39 Å². The fourth-order valence-corrected chi connectivity index (χ4v) is 2.44. The SMILES string of the molecule is CCCNCc1ccc(-c2cn(C)nc2C(C)C)c(F)c1. The van der Waals surface area contributed by atoms with Crippen molar-refractivity contribution < 1.29 is 4.39 Å². The van der Waals surface area contributed by atoms with Gasteiger partial charge in [-0.05, 0) is 30.5 Å². The van der Waals surface area contributed by atoms with Gasteiger partial charge in [0, 0.05) is 30.9 Å². The minimum absolute atomic E-state index is 0.180. The van der Waals surface area contributed by atoms with Crippen LogP contribution in [0.4, 0.5) is 4.39 Å². The highest BCUT2D eigenvalue weighted by molar-refractivity contribution is 5.67. The molecule has 1 aromatic carbocycles. The highest BCUT2D eigenvalue weighted by atomic mass is 19.1. The molecule has 0 aliphatic rings. The molecule has 0 saturated heterocycles. The number of hydrogen-bond acceptors (Lipinski definition) is 2. The van der Waals surface area contributed by atoms with Gasteiger partial charge in [-0.3, -0.25) is 4.68 Å². The number of nitrogens with one attached hydrogen (secondary N) is 1. The molecule has 0 unspecified atom stereocenters. The molecule has 0 spiro atoms. The van der Waals surface area contributed by atoms with Crippen molar-refractivity contribution in [2.24, 2.45) is 7.05 Å². The minimum Gasteiger partial charge on any atom is -0.313 e. The van der Waals surface area contributed by atoms with Crippen molar-refractivity contribution in [3.63, 3.8) is 0 Å². The van der Waals surface area contributed by atoms with Crippen LogP contribution in [0.5, 0.6) is 0 Å². The van der Waals surface area contributed by atoms with E-state index in [1.54, 1.807) is 10.7 Å². The summed E-state index contributed by atoms with van der Waals surface area (Å²) in [5, 5.41) is 7.74. The van der Waals surface area contributed by atoms with Gasteiger partial charge in [-0.25, -0.2) is 4.39 Å². The molecule has 0 aliphatic heterocycles. The van der Waals surface area contributed by atoms with Crippen LogP contribution in [0, 0.1) is 5.82 Å². The lowest BCUT2D eigenvalue weighted by atomic mass is 9.98. The van der Waals surface area contributed by atoms with Gasteiger partial charge in [0.25, 0.3) is 0 Å². The third-order valence-electron chi connectivity index (χ3n) is 3.48. The summed E-state index contributed by atoms with van der Waals surface area (Å²) in [6.07, 6.45) is 2.97. The fourth-order valence-electron chi connectivity index (χ4n) is 2.44. The van der Waals surface area contributed by atoms with Crippen LogP contribution in [0.3, 0.4) is 0 Å². The Morgan fingerprint density at radius 2 is 2.05 bits per heavy atom. The molecule has 0 fully saturated rings. The first-order chi connectivity index (χ1) is 10.0. The Morgan fingerprint density at radius 1 is 1.29 bits per heavy atom. The molecule has 2 aromatic rings. The summed E-state index contributed by atoms with van der Waals surface area (Å²) >= 11 is 0. The highest BCUT2D eigenvalue weighted by Gasteiger charge is 2.16. The Bertz CT molecular complexity index is 602. The second kappa shape index (κ2) is 6.85. The van der Waals surface area contributed by atoms with Gasteiger partial charge in [0.1, 0.15) is 5.82 Å². The predicted molar refractivity (Wildman–Crippen MR) is 84.7 cm³/mol. The number of aryl methyl sites for hydroxylation is 1. The zero-order valence-electron chi connectivity index (χ0n) is 13.3. The molecule has 21 heavy (non-hydrogen) atoms. The second-order valence-corrected chi connectivity index (χ2v) is 5.75. The number of aromatic nitrogens is 2. The van der Waals surface area contributed by atoms with Crippen LogP contribution in [-0.4, -0.2) is 16.3 Å². The molecule has 1 N–H and O–H groups in total. The van der Waals surface area contributed by atoms with E-state index in [4.69, 9.17) is 0 Å². The van der Waals surface area contributed by atoms with Crippen LogP contribution in [0.25, 0.3) is 11.1 Å². The summed E-state index contributed by atoms with van der Waals surface area (Å²) in [5.74, 6) is 0.0900. The van der Waals surface area contributed by atoms with Crippen molar-refractivity contribution in [3.8, 4) is 11.1 Å². The largest absolute Gasteiger partial charge is 0.313 e. The number of halogens is 1. The minimum atomic E-state index is -0.180. The molecule has 1 aromatic heterocycles. The van der Waals surface area contributed by atoms with Crippen LogP contribution in [0.15, 0.2) is 24.4 Å². The number of hydrogen-bond donors (Lipinski definition) is 1. The summed E-state index contributed by atoms with van der Waals surface area (Å²) in [4.78, 5) is 0. The topological polar surface area (TPSA) is 29.9 Å². The monoisotopic (exact) mass is 289 g/mol. The summed E-state index contributed by atoms with van der Waals surface area (Å²) in [6, 6.07) is 5.47. The first kappa shape index (κ1) is 15.7. The van der Waals surface area contributed by atoms with Gasteiger partial charge in [0.05, 0.1) is 5.69 Å². The molecule has 4 heteroatoms. The van der Waals surface area contributed by atoms with Crippen molar-refractivity contribution in [2.75, 3.05) is 6.54 Å². The third-order valence-corrected chi connectivity index (χ3v) is 3.48. The molecule has 2 rings (SSSR count). The quantitative estimate of drug-likeness (QED) is 0.819. The number of rotatable bonds is 6. The summed E-state index contributed by atoms with van der Waals surface area (Å²) in [6.45, 7) is 7.92. The van der Waals surface area contributed by atoms with Crippen molar-refractivity contribution in [3.05, 3.63) is 41.5 Å². The van der Waals surface area contributed by atoms with E-state index in [1.807, 2.05) is 25.4 Å². The van der Waals surface area contributed by atoms with Crippen molar-refractivity contribution >= 4 is 0 Å². The average molecular weight is 289 g/mol. The second-order valence-electron chi connectivity index (χ2n) is 5.75. The molecule has 0 amide bonds. The normalized spacial score (nSPS) is 11.3. The Kier molecular flexibility index (Phi) is 5.12. The molecule has 0 aliphatic carbocycles. The van der Waals surface area contributed by atoms with Gasteiger partial charge < -0.3 is 5.32 Å². The van der Waals surface area contributed by atoms with Crippen LogP contribution in [0.2, 0.25) is 0 Å². The Balaban J connectivity index is 2.29. The fraction of sp³-hybridized carbons (Fsp3) is 0.471. The van der Waals surface area contributed by atoms with E-state index in [2.05, 4.69) is 31.2 Å². The molecule has 0 atom stereocenters. The Hall–Kier alpha value is -1.68. The molecule has 114 valence electrons. The zero-order valence-corrected chi connectivity index (χ0v) is 13.3. The lowest BCUT2D eigenvalue weighted by molar-refractivity contribution is 0.622. The summed E-state index contributed by atoms with van der Waals surface area (Å²) in [7, 11) is 1.87. The van der Waals surface area contributed by atoms with E-state index in [0.717, 1.165) is 29.8 Å². The van der Waals surface area contributed by atoms with E-state index < -0.39 is 0 Å². The van der Waals surface area contributed by atoms with Gasteiger partial charge in [-0.2, -0.15) is 5.10 Å². The number of nitrogens with zero attached hydrogens (tertiary/aromatic N) is 2. The van der Waals surface area contributed by atoms with Gasteiger partial charge in [-0.1, -0.05) is 32.9 Å². The molecule has 3 nitrogen and oxygen atoms in total. The average Bonchev–Trinajstić information content (AvgIpc) is 2.81. The van der Waals surface area contributed by atoms with Crippen molar-refractivity contribution in [2.45, 2.75) is 39.7 Å².